The highest BCUT2D eigenvalue weighted by atomic mass is 35.5. The van der Waals surface area contributed by atoms with Gasteiger partial charge < -0.3 is 10.8 Å². The fourth-order valence-electron chi connectivity index (χ4n) is 2.31. The van der Waals surface area contributed by atoms with Crippen molar-refractivity contribution in [2.24, 2.45) is 5.73 Å². The number of nitrogens with two attached hydrogens (primary N) is 1. The van der Waals surface area contributed by atoms with Crippen molar-refractivity contribution in [3.05, 3.63) is 56.5 Å². The number of thiophene rings is 1. The fraction of sp³-hybridized carbons (Fsp3) is 0.333. The maximum atomic E-state index is 13.1. The number of halogens is 2. The van der Waals surface area contributed by atoms with Crippen molar-refractivity contribution in [3.63, 3.8) is 0 Å². The molecule has 2 rings (SSSR count). The smallest absolute Gasteiger partial charge is 0.124 e. The van der Waals surface area contributed by atoms with Crippen LogP contribution in [0, 0.1) is 5.82 Å². The van der Waals surface area contributed by atoms with Crippen molar-refractivity contribution in [1.29, 1.82) is 0 Å². The highest BCUT2D eigenvalue weighted by Gasteiger charge is 2.26. The summed E-state index contributed by atoms with van der Waals surface area (Å²) in [7, 11) is 0. The zero-order valence-electron chi connectivity index (χ0n) is 11.1. The van der Waals surface area contributed by atoms with Gasteiger partial charge >= 0.3 is 0 Å². The van der Waals surface area contributed by atoms with Gasteiger partial charge in [0.05, 0.1) is 6.10 Å². The Morgan fingerprint density at radius 3 is 2.75 bits per heavy atom. The van der Waals surface area contributed by atoms with E-state index >= 15 is 0 Å². The summed E-state index contributed by atoms with van der Waals surface area (Å²) in [6, 6.07) is 6.19. The Kier molecular flexibility index (Phi) is 5.16. The van der Waals surface area contributed by atoms with Gasteiger partial charge in [0.25, 0.3) is 0 Å². The van der Waals surface area contributed by atoms with Gasteiger partial charge in [-0.1, -0.05) is 24.6 Å². The van der Waals surface area contributed by atoms with E-state index in [4.69, 9.17) is 17.3 Å². The van der Waals surface area contributed by atoms with E-state index in [9.17, 15) is 9.50 Å². The molecular formula is C15H17ClFNOS. The second-order valence-corrected chi connectivity index (χ2v) is 5.97. The molecule has 0 bridgehead atoms. The largest absolute Gasteiger partial charge is 0.387 e. The van der Waals surface area contributed by atoms with Gasteiger partial charge in [-0.05, 0) is 41.1 Å². The van der Waals surface area contributed by atoms with Crippen LogP contribution in [0.5, 0.6) is 0 Å². The van der Waals surface area contributed by atoms with Gasteiger partial charge in [0, 0.05) is 22.4 Å². The van der Waals surface area contributed by atoms with E-state index in [2.05, 4.69) is 0 Å². The van der Waals surface area contributed by atoms with E-state index in [1.165, 1.54) is 23.5 Å². The summed E-state index contributed by atoms with van der Waals surface area (Å²) in [5.41, 5.74) is 7.59. The Balaban J connectivity index is 2.36. The van der Waals surface area contributed by atoms with Gasteiger partial charge in [-0.25, -0.2) is 4.39 Å². The molecule has 2 unspecified atom stereocenters. The molecule has 1 heterocycles. The first kappa shape index (κ1) is 15.4. The van der Waals surface area contributed by atoms with E-state index in [-0.39, 0.29) is 12.5 Å². The van der Waals surface area contributed by atoms with Crippen LogP contribution in [0.15, 0.2) is 29.6 Å². The molecule has 1 aromatic heterocycles. The van der Waals surface area contributed by atoms with Crippen LogP contribution < -0.4 is 5.73 Å². The summed E-state index contributed by atoms with van der Waals surface area (Å²) in [6.45, 7) is 2.29. The quantitative estimate of drug-likeness (QED) is 0.880. The molecule has 3 N–H and O–H groups in total. The van der Waals surface area contributed by atoms with E-state index in [0.717, 1.165) is 16.9 Å². The molecule has 0 saturated heterocycles. The highest BCUT2D eigenvalue weighted by Crippen LogP contribution is 2.38. The molecule has 0 aliphatic rings. The van der Waals surface area contributed by atoms with Gasteiger partial charge in [0.2, 0.25) is 0 Å². The molecule has 0 radical (unpaired) electrons. The molecule has 108 valence electrons. The second-order valence-electron chi connectivity index (χ2n) is 4.62. The number of aliphatic hydroxyl groups excluding tert-OH is 1. The molecule has 2 atom stereocenters. The molecule has 20 heavy (non-hydrogen) atoms. The first-order valence-electron chi connectivity index (χ1n) is 6.47. The molecule has 2 aromatic rings. The molecule has 0 aliphatic carbocycles. The van der Waals surface area contributed by atoms with E-state index in [1.54, 1.807) is 6.07 Å². The minimum Gasteiger partial charge on any atom is -0.387 e. The first-order chi connectivity index (χ1) is 9.58. The predicted octanol–water partition coefficient (Wildman–Crippen LogP) is 3.88. The molecule has 0 saturated carbocycles. The lowest BCUT2D eigenvalue weighted by molar-refractivity contribution is 0.150. The average molecular weight is 314 g/mol. The standard InChI is InChI=1S/C15H17ClFNOS/c1-2-9-5-6-20-15(9)14(19)12(8-18)11-4-3-10(17)7-13(11)16/h3-7,12,14,19H,2,8,18H2,1H3. The van der Waals surface area contributed by atoms with E-state index < -0.39 is 11.9 Å². The Hall–Kier alpha value is -0.940. The molecule has 0 fully saturated rings. The van der Waals surface area contributed by atoms with Crippen LogP contribution in [0.2, 0.25) is 5.02 Å². The van der Waals surface area contributed by atoms with Gasteiger partial charge in [0.1, 0.15) is 5.82 Å². The van der Waals surface area contributed by atoms with Crippen LogP contribution in [0.3, 0.4) is 0 Å². The lowest BCUT2D eigenvalue weighted by atomic mass is 9.91. The molecule has 0 amide bonds. The summed E-state index contributed by atoms with van der Waals surface area (Å²) in [5.74, 6) is -0.735. The van der Waals surface area contributed by atoms with Crippen LogP contribution in [-0.4, -0.2) is 11.7 Å². The summed E-state index contributed by atoms with van der Waals surface area (Å²) >= 11 is 7.59. The molecule has 5 heteroatoms. The lowest BCUT2D eigenvalue weighted by Crippen LogP contribution is -2.20. The average Bonchev–Trinajstić information content (AvgIpc) is 2.90. The second kappa shape index (κ2) is 6.68. The topological polar surface area (TPSA) is 46.2 Å². The Morgan fingerprint density at radius 1 is 1.40 bits per heavy atom. The normalized spacial score (nSPS) is 14.2. The third kappa shape index (κ3) is 3.04. The third-order valence-corrected chi connectivity index (χ3v) is 4.78. The monoisotopic (exact) mass is 313 g/mol. The van der Waals surface area contributed by atoms with Crippen LogP contribution in [0.4, 0.5) is 4.39 Å². The number of hydrogen-bond acceptors (Lipinski definition) is 3. The van der Waals surface area contributed by atoms with Gasteiger partial charge in [0.15, 0.2) is 0 Å². The predicted molar refractivity (Wildman–Crippen MR) is 81.9 cm³/mol. The van der Waals surface area contributed by atoms with Crippen molar-refractivity contribution < 1.29 is 9.50 Å². The van der Waals surface area contributed by atoms with Gasteiger partial charge in [-0.2, -0.15) is 0 Å². The van der Waals surface area contributed by atoms with Crippen LogP contribution in [0.1, 0.15) is 34.9 Å². The van der Waals surface area contributed by atoms with Crippen molar-refractivity contribution in [2.45, 2.75) is 25.4 Å². The Labute approximate surface area is 127 Å². The summed E-state index contributed by atoms with van der Waals surface area (Å²) < 4.78 is 13.1. The van der Waals surface area contributed by atoms with Crippen molar-refractivity contribution in [1.82, 2.24) is 0 Å². The molecule has 0 spiro atoms. The number of hydrogen-bond donors (Lipinski definition) is 2. The van der Waals surface area contributed by atoms with Gasteiger partial charge in [-0.3, -0.25) is 0 Å². The third-order valence-electron chi connectivity index (χ3n) is 3.43. The van der Waals surface area contributed by atoms with Crippen molar-refractivity contribution >= 4 is 22.9 Å². The van der Waals surface area contributed by atoms with Crippen LogP contribution in [0.25, 0.3) is 0 Å². The minimum atomic E-state index is -0.724. The SMILES string of the molecule is CCc1ccsc1C(O)C(CN)c1ccc(F)cc1Cl. The number of aryl methyl sites for hydroxylation is 1. The van der Waals surface area contributed by atoms with E-state index in [1.807, 2.05) is 18.4 Å². The molecular weight excluding hydrogens is 297 g/mol. The number of benzene rings is 1. The zero-order chi connectivity index (χ0) is 14.7. The maximum absolute atomic E-state index is 13.1. The first-order valence-corrected chi connectivity index (χ1v) is 7.73. The summed E-state index contributed by atoms with van der Waals surface area (Å²) in [4.78, 5) is 0.906. The van der Waals surface area contributed by atoms with Crippen LogP contribution in [-0.2, 0) is 6.42 Å². The highest BCUT2D eigenvalue weighted by molar-refractivity contribution is 7.10. The van der Waals surface area contributed by atoms with Crippen LogP contribution >= 0.6 is 22.9 Å². The van der Waals surface area contributed by atoms with E-state index in [0.29, 0.717) is 10.6 Å². The Bertz CT molecular complexity index is 587. The summed E-state index contributed by atoms with van der Waals surface area (Å²) in [5, 5.41) is 12.9. The molecule has 2 nitrogen and oxygen atoms in total. The number of aliphatic hydroxyl groups is 1. The minimum absolute atomic E-state index is 0.244. The fourth-order valence-corrected chi connectivity index (χ4v) is 3.66. The molecule has 0 aliphatic heterocycles. The Morgan fingerprint density at radius 2 is 2.15 bits per heavy atom. The van der Waals surface area contributed by atoms with Crippen molar-refractivity contribution in [2.75, 3.05) is 6.54 Å². The van der Waals surface area contributed by atoms with Crippen molar-refractivity contribution in [3.8, 4) is 0 Å². The summed E-state index contributed by atoms with van der Waals surface area (Å²) in [6.07, 6.45) is 0.127. The molecule has 1 aromatic carbocycles. The number of rotatable bonds is 5. The maximum Gasteiger partial charge on any atom is 0.124 e. The van der Waals surface area contributed by atoms with Gasteiger partial charge in [-0.15, -0.1) is 11.3 Å². The lowest BCUT2D eigenvalue weighted by Gasteiger charge is -2.23. The zero-order valence-corrected chi connectivity index (χ0v) is 12.7.